The van der Waals surface area contributed by atoms with Gasteiger partial charge in [-0.05, 0) is 18.4 Å². The van der Waals surface area contributed by atoms with Crippen LogP contribution in [0.15, 0.2) is 30.3 Å². The van der Waals surface area contributed by atoms with Crippen LogP contribution in [0.4, 0.5) is 0 Å². The van der Waals surface area contributed by atoms with E-state index in [1.165, 1.54) is 12.8 Å². The third-order valence-electron chi connectivity index (χ3n) is 8.81. The number of ether oxygens (including phenoxy) is 2. The van der Waals surface area contributed by atoms with Crippen LogP contribution < -0.4 is 0 Å². The molecule has 0 spiro atoms. The Morgan fingerprint density at radius 3 is 2.33 bits per heavy atom. The van der Waals surface area contributed by atoms with Gasteiger partial charge < -0.3 is 18.9 Å². The van der Waals surface area contributed by atoms with Crippen molar-refractivity contribution in [1.82, 2.24) is 4.90 Å². The molecule has 0 aromatic heterocycles. The molecule has 4 heterocycles. The lowest BCUT2D eigenvalue weighted by atomic mass is 9.74. The molecule has 4 saturated heterocycles. The minimum Gasteiger partial charge on any atom is -0.455 e. The number of piperidine rings is 3. The van der Waals surface area contributed by atoms with Crippen molar-refractivity contribution in [3.63, 3.8) is 0 Å². The van der Waals surface area contributed by atoms with Crippen LogP contribution in [0.5, 0.6) is 0 Å². The Balaban J connectivity index is 1.31. The molecule has 1 aromatic rings. The highest BCUT2D eigenvalue weighted by atomic mass is 16.5. The van der Waals surface area contributed by atoms with Crippen molar-refractivity contribution >= 4 is 11.9 Å². The fourth-order valence-corrected chi connectivity index (χ4v) is 6.73. The van der Waals surface area contributed by atoms with Crippen LogP contribution in [0.2, 0.25) is 0 Å². The molecule has 1 aromatic carbocycles. The average Bonchev–Trinajstić information content (AvgIpc) is 3.13. The Bertz CT molecular complexity index is 820. The van der Waals surface area contributed by atoms with Crippen LogP contribution in [-0.4, -0.2) is 79.8 Å². The second-order valence-electron chi connectivity index (χ2n) is 10.8. The first-order valence-corrected chi connectivity index (χ1v) is 13.1. The summed E-state index contributed by atoms with van der Waals surface area (Å²) < 4.78 is 12.6. The maximum Gasteiger partial charge on any atom is 0.317 e. The zero-order valence-corrected chi connectivity index (χ0v) is 19.9. The topological polar surface area (TPSA) is 55.8 Å². The smallest absolute Gasteiger partial charge is 0.317 e. The van der Waals surface area contributed by atoms with E-state index < -0.39 is 5.41 Å². The number of esters is 1. The largest absolute Gasteiger partial charge is 0.455 e. The number of quaternary nitrogens is 1. The normalized spacial score (nSPS) is 31.6. The summed E-state index contributed by atoms with van der Waals surface area (Å²) in [5.41, 5.74) is 0.600. The SMILES string of the molecule is O=C(C[N+]12CCC(CC1)[C@@H](OC(=O)C1(c3ccccc3)CCCCCC1)C2)N1CCOCC1. The first kappa shape index (κ1) is 22.9. The summed E-state index contributed by atoms with van der Waals surface area (Å²) in [5.74, 6) is 0.645. The third-order valence-corrected chi connectivity index (χ3v) is 8.81. The number of morpholine rings is 1. The highest BCUT2D eigenvalue weighted by Crippen LogP contribution is 2.42. The summed E-state index contributed by atoms with van der Waals surface area (Å²) in [5, 5.41) is 0. The molecule has 5 aliphatic rings. The molecule has 1 saturated carbocycles. The predicted molar refractivity (Wildman–Crippen MR) is 126 cm³/mol. The number of hydrogen-bond donors (Lipinski definition) is 0. The minimum absolute atomic E-state index is 0.0213. The Labute approximate surface area is 197 Å². The molecule has 1 atom stereocenters. The molecular weight excluding hydrogens is 416 g/mol. The van der Waals surface area contributed by atoms with Crippen molar-refractivity contribution in [3.05, 3.63) is 35.9 Å². The monoisotopic (exact) mass is 455 g/mol. The molecule has 2 bridgehead atoms. The molecule has 1 aliphatic carbocycles. The maximum absolute atomic E-state index is 13.9. The van der Waals surface area contributed by atoms with Gasteiger partial charge in [-0.2, -0.15) is 0 Å². The Morgan fingerprint density at radius 2 is 1.67 bits per heavy atom. The van der Waals surface area contributed by atoms with Gasteiger partial charge >= 0.3 is 5.97 Å². The van der Waals surface area contributed by atoms with Crippen molar-refractivity contribution < 1.29 is 23.5 Å². The van der Waals surface area contributed by atoms with E-state index >= 15 is 0 Å². The molecule has 1 amide bonds. The van der Waals surface area contributed by atoms with Gasteiger partial charge in [0.25, 0.3) is 5.91 Å². The van der Waals surface area contributed by atoms with Crippen LogP contribution in [0.3, 0.4) is 0 Å². The number of benzene rings is 1. The zero-order chi connectivity index (χ0) is 22.7. The molecular formula is C27H39N2O4+. The van der Waals surface area contributed by atoms with E-state index in [1.54, 1.807) is 0 Å². The lowest BCUT2D eigenvalue weighted by Gasteiger charge is -2.52. The van der Waals surface area contributed by atoms with E-state index in [-0.39, 0.29) is 18.0 Å². The summed E-state index contributed by atoms with van der Waals surface area (Å²) in [7, 11) is 0. The lowest BCUT2D eigenvalue weighted by Crippen LogP contribution is -2.67. The quantitative estimate of drug-likeness (QED) is 0.388. The second kappa shape index (κ2) is 9.75. The van der Waals surface area contributed by atoms with Crippen molar-refractivity contribution in [2.45, 2.75) is 62.9 Å². The van der Waals surface area contributed by atoms with Gasteiger partial charge in [-0.3, -0.25) is 9.59 Å². The molecule has 4 aliphatic heterocycles. The van der Waals surface area contributed by atoms with E-state index in [0.717, 1.165) is 68.2 Å². The molecule has 6 heteroatoms. The number of amides is 1. The molecule has 180 valence electrons. The molecule has 6 rings (SSSR count). The van der Waals surface area contributed by atoms with Gasteiger partial charge in [0.15, 0.2) is 12.6 Å². The van der Waals surface area contributed by atoms with E-state index in [4.69, 9.17) is 9.47 Å². The van der Waals surface area contributed by atoms with E-state index in [2.05, 4.69) is 12.1 Å². The lowest BCUT2D eigenvalue weighted by molar-refractivity contribution is -0.939. The molecule has 5 fully saturated rings. The molecule has 0 radical (unpaired) electrons. The summed E-state index contributed by atoms with van der Waals surface area (Å²) in [6.45, 7) is 6.03. The van der Waals surface area contributed by atoms with Crippen molar-refractivity contribution in [3.8, 4) is 0 Å². The fraction of sp³-hybridized carbons (Fsp3) is 0.704. The summed E-state index contributed by atoms with van der Waals surface area (Å²) in [6.07, 6.45) is 8.32. The summed E-state index contributed by atoms with van der Waals surface area (Å²) in [6, 6.07) is 10.3. The van der Waals surface area contributed by atoms with Crippen LogP contribution in [-0.2, 0) is 24.5 Å². The maximum atomic E-state index is 13.9. The minimum atomic E-state index is -0.516. The Morgan fingerprint density at radius 1 is 1.00 bits per heavy atom. The van der Waals surface area contributed by atoms with Crippen molar-refractivity contribution in [2.75, 3.05) is 52.5 Å². The zero-order valence-electron chi connectivity index (χ0n) is 19.9. The van der Waals surface area contributed by atoms with Crippen LogP contribution in [0.25, 0.3) is 0 Å². The molecule has 0 N–H and O–H groups in total. The van der Waals surface area contributed by atoms with Crippen molar-refractivity contribution in [1.29, 1.82) is 0 Å². The van der Waals surface area contributed by atoms with Crippen LogP contribution >= 0.6 is 0 Å². The number of fused-ring (bicyclic) bond motifs is 3. The van der Waals surface area contributed by atoms with Crippen molar-refractivity contribution in [2.24, 2.45) is 5.92 Å². The van der Waals surface area contributed by atoms with Gasteiger partial charge in [0.1, 0.15) is 6.54 Å². The van der Waals surface area contributed by atoms with Gasteiger partial charge in [0.05, 0.1) is 31.7 Å². The summed E-state index contributed by atoms with van der Waals surface area (Å²) in [4.78, 5) is 28.9. The average molecular weight is 456 g/mol. The fourth-order valence-electron chi connectivity index (χ4n) is 6.73. The van der Waals surface area contributed by atoms with E-state index in [9.17, 15) is 9.59 Å². The standard InChI is InChI=1S/C27H39N2O4/c30-25(28-14-18-32-19-15-28)21-29-16-10-22(11-17-29)24(20-29)33-26(31)27(12-6-1-2-7-13-27)23-8-4-3-5-9-23/h3-5,8-9,22,24H,1-2,6-7,10-21H2/q+1/t22?,24-,29?/m0/s1. The van der Waals surface area contributed by atoms with Gasteiger partial charge in [-0.1, -0.05) is 56.0 Å². The second-order valence-corrected chi connectivity index (χ2v) is 10.8. The van der Waals surface area contributed by atoms with E-state index in [0.29, 0.717) is 38.8 Å². The predicted octanol–water partition coefficient (Wildman–Crippen LogP) is 3.29. The summed E-state index contributed by atoms with van der Waals surface area (Å²) >= 11 is 0. The van der Waals surface area contributed by atoms with Crippen LogP contribution in [0, 0.1) is 5.92 Å². The van der Waals surface area contributed by atoms with Gasteiger partial charge in [0, 0.05) is 31.8 Å². The number of hydrogen-bond acceptors (Lipinski definition) is 4. The number of carbonyl (C=O) groups excluding carboxylic acids is 2. The number of nitrogens with zero attached hydrogens (tertiary/aromatic N) is 2. The molecule has 33 heavy (non-hydrogen) atoms. The highest BCUT2D eigenvalue weighted by Gasteiger charge is 2.51. The number of carbonyl (C=O) groups is 2. The number of rotatable bonds is 5. The molecule has 6 nitrogen and oxygen atoms in total. The first-order valence-electron chi connectivity index (χ1n) is 13.1. The first-order chi connectivity index (χ1) is 16.1. The molecule has 0 unspecified atom stereocenters. The van der Waals surface area contributed by atoms with E-state index in [1.807, 2.05) is 23.1 Å². The van der Waals surface area contributed by atoms with Gasteiger partial charge in [-0.25, -0.2) is 0 Å². The van der Waals surface area contributed by atoms with Crippen LogP contribution in [0.1, 0.15) is 56.9 Å². The Hall–Kier alpha value is -1.92. The Kier molecular flexibility index (Phi) is 6.75. The van der Waals surface area contributed by atoms with Gasteiger partial charge in [-0.15, -0.1) is 0 Å². The highest BCUT2D eigenvalue weighted by molar-refractivity contribution is 5.83. The van der Waals surface area contributed by atoms with Gasteiger partial charge in [0.2, 0.25) is 0 Å². The third kappa shape index (κ3) is 4.69.